The van der Waals surface area contributed by atoms with Gasteiger partial charge in [0.15, 0.2) is 0 Å². The minimum Gasteiger partial charge on any atom is -0.336 e. The van der Waals surface area contributed by atoms with Crippen LogP contribution in [0.2, 0.25) is 5.02 Å². The molecule has 7 heteroatoms. The molecular weight excluding hydrogens is 330 g/mol. The van der Waals surface area contributed by atoms with Gasteiger partial charge in [-0.3, -0.25) is 19.3 Å². The van der Waals surface area contributed by atoms with Gasteiger partial charge in [-0.2, -0.15) is 0 Å². The Bertz CT molecular complexity index is 658. The van der Waals surface area contributed by atoms with E-state index in [1.54, 1.807) is 36.2 Å². The van der Waals surface area contributed by atoms with Crippen LogP contribution >= 0.6 is 11.6 Å². The van der Waals surface area contributed by atoms with Crippen LogP contribution in [-0.4, -0.2) is 54.3 Å². The smallest absolute Gasteiger partial charge is 0.248 e. The Kier molecular flexibility index (Phi) is 4.76. The van der Waals surface area contributed by atoms with Gasteiger partial charge in [-0.25, -0.2) is 0 Å². The molecule has 3 rings (SSSR count). The summed E-state index contributed by atoms with van der Waals surface area (Å²) in [5.41, 5.74) is 0.707. The van der Waals surface area contributed by atoms with Crippen molar-refractivity contribution in [3.05, 3.63) is 29.3 Å². The molecule has 0 bridgehead atoms. The number of carbonyl (C=O) groups excluding carboxylic acids is 3. The van der Waals surface area contributed by atoms with Crippen molar-refractivity contribution in [2.45, 2.75) is 19.3 Å². The van der Waals surface area contributed by atoms with E-state index in [0.29, 0.717) is 10.7 Å². The Morgan fingerprint density at radius 2 is 1.92 bits per heavy atom. The molecule has 1 heterocycles. The lowest BCUT2D eigenvalue weighted by molar-refractivity contribution is -0.143. The van der Waals surface area contributed by atoms with E-state index < -0.39 is 0 Å². The second-order valence-electron chi connectivity index (χ2n) is 6.35. The molecule has 0 spiro atoms. The molecule has 1 aromatic rings. The Morgan fingerprint density at radius 3 is 2.50 bits per heavy atom. The third kappa shape index (κ3) is 3.38. The fourth-order valence-electron chi connectivity index (χ4n) is 2.91. The van der Waals surface area contributed by atoms with Crippen molar-refractivity contribution in [1.82, 2.24) is 9.80 Å². The number of halogens is 1. The van der Waals surface area contributed by atoms with Crippen LogP contribution in [0.1, 0.15) is 19.3 Å². The van der Waals surface area contributed by atoms with Crippen LogP contribution in [0.5, 0.6) is 0 Å². The van der Waals surface area contributed by atoms with Gasteiger partial charge in [0.2, 0.25) is 17.7 Å². The van der Waals surface area contributed by atoms with E-state index in [0.717, 1.165) is 19.3 Å². The number of carbonyl (C=O) groups is 3. The van der Waals surface area contributed by atoms with Crippen LogP contribution in [0.15, 0.2) is 24.3 Å². The standard InChI is InChI=1S/C17H20ClN3O3/c1-19(17(24)12-3-2-4-12)9-15(22)20-10-16(23)21(11-20)14-7-5-13(18)6-8-14/h5-8,12H,2-4,9-11H2,1H3. The zero-order valence-electron chi connectivity index (χ0n) is 13.6. The third-order valence-corrected chi connectivity index (χ3v) is 4.89. The van der Waals surface area contributed by atoms with Gasteiger partial charge in [0.25, 0.3) is 0 Å². The summed E-state index contributed by atoms with van der Waals surface area (Å²) in [7, 11) is 1.65. The molecule has 1 aliphatic heterocycles. The van der Waals surface area contributed by atoms with Gasteiger partial charge < -0.3 is 9.80 Å². The Morgan fingerprint density at radius 1 is 1.25 bits per heavy atom. The van der Waals surface area contributed by atoms with E-state index in [-0.39, 0.29) is 43.4 Å². The fraction of sp³-hybridized carbons (Fsp3) is 0.471. The molecule has 2 fully saturated rings. The predicted octanol–water partition coefficient (Wildman–Crippen LogP) is 1.73. The van der Waals surface area contributed by atoms with Crippen molar-refractivity contribution in [2.24, 2.45) is 5.92 Å². The monoisotopic (exact) mass is 349 g/mol. The molecule has 0 radical (unpaired) electrons. The van der Waals surface area contributed by atoms with E-state index in [4.69, 9.17) is 11.6 Å². The minimum absolute atomic E-state index is 0.0110. The second-order valence-corrected chi connectivity index (χ2v) is 6.79. The molecule has 1 aromatic carbocycles. The van der Waals surface area contributed by atoms with Gasteiger partial charge >= 0.3 is 0 Å². The first-order chi connectivity index (χ1) is 11.5. The minimum atomic E-state index is -0.213. The quantitative estimate of drug-likeness (QED) is 0.831. The molecule has 0 N–H and O–H groups in total. The number of amides is 3. The summed E-state index contributed by atoms with van der Waals surface area (Å²) in [6.45, 7) is 0.245. The maximum Gasteiger partial charge on any atom is 0.248 e. The van der Waals surface area contributed by atoms with Gasteiger partial charge in [0.05, 0.1) is 6.54 Å². The molecule has 128 valence electrons. The van der Waals surface area contributed by atoms with Crippen LogP contribution in [0.3, 0.4) is 0 Å². The summed E-state index contributed by atoms with van der Waals surface area (Å²) in [4.78, 5) is 41.2. The molecule has 0 atom stereocenters. The van der Waals surface area contributed by atoms with E-state index in [1.807, 2.05) is 0 Å². The van der Waals surface area contributed by atoms with Crippen molar-refractivity contribution < 1.29 is 14.4 Å². The number of likely N-dealkylation sites (N-methyl/N-ethyl adjacent to an activating group) is 1. The Balaban J connectivity index is 1.59. The topological polar surface area (TPSA) is 60.9 Å². The molecule has 2 aliphatic rings. The van der Waals surface area contributed by atoms with Crippen molar-refractivity contribution in [3.63, 3.8) is 0 Å². The highest BCUT2D eigenvalue weighted by atomic mass is 35.5. The average Bonchev–Trinajstić information content (AvgIpc) is 2.88. The van der Waals surface area contributed by atoms with E-state index in [9.17, 15) is 14.4 Å². The van der Waals surface area contributed by atoms with Gasteiger partial charge in [-0.1, -0.05) is 18.0 Å². The zero-order valence-corrected chi connectivity index (χ0v) is 14.3. The van der Waals surface area contributed by atoms with Crippen LogP contribution in [0.4, 0.5) is 5.69 Å². The van der Waals surface area contributed by atoms with Gasteiger partial charge in [0, 0.05) is 23.7 Å². The largest absolute Gasteiger partial charge is 0.336 e. The van der Waals surface area contributed by atoms with Gasteiger partial charge in [-0.05, 0) is 37.1 Å². The first-order valence-electron chi connectivity index (χ1n) is 8.04. The van der Waals surface area contributed by atoms with Gasteiger partial charge in [0.1, 0.15) is 13.2 Å². The number of rotatable bonds is 4. The van der Waals surface area contributed by atoms with Crippen molar-refractivity contribution in [1.29, 1.82) is 0 Å². The summed E-state index contributed by atoms with van der Waals surface area (Å²) in [6.07, 6.45) is 2.89. The van der Waals surface area contributed by atoms with E-state index >= 15 is 0 Å². The lowest BCUT2D eigenvalue weighted by Gasteiger charge is -2.29. The lowest BCUT2D eigenvalue weighted by atomic mass is 9.84. The maximum atomic E-state index is 12.4. The van der Waals surface area contributed by atoms with Crippen molar-refractivity contribution in [2.75, 3.05) is 31.7 Å². The summed E-state index contributed by atoms with van der Waals surface area (Å²) in [5, 5.41) is 0.592. The average molecular weight is 350 g/mol. The highest BCUT2D eigenvalue weighted by Crippen LogP contribution is 2.28. The first kappa shape index (κ1) is 16.8. The Hall–Kier alpha value is -2.08. The first-order valence-corrected chi connectivity index (χ1v) is 8.42. The van der Waals surface area contributed by atoms with Crippen LogP contribution < -0.4 is 4.90 Å². The van der Waals surface area contributed by atoms with E-state index in [2.05, 4.69) is 0 Å². The SMILES string of the molecule is CN(CC(=O)N1CC(=O)N(c2ccc(Cl)cc2)C1)C(=O)C1CCC1. The normalized spacial score (nSPS) is 17.8. The summed E-state index contributed by atoms with van der Waals surface area (Å²) < 4.78 is 0. The molecule has 3 amide bonds. The summed E-state index contributed by atoms with van der Waals surface area (Å²) in [5.74, 6) is -0.267. The second kappa shape index (κ2) is 6.81. The summed E-state index contributed by atoms with van der Waals surface area (Å²) in [6, 6.07) is 6.92. The third-order valence-electron chi connectivity index (χ3n) is 4.63. The van der Waals surface area contributed by atoms with E-state index in [1.165, 1.54) is 9.80 Å². The summed E-state index contributed by atoms with van der Waals surface area (Å²) >= 11 is 5.86. The zero-order chi connectivity index (χ0) is 17.3. The molecule has 1 saturated carbocycles. The molecule has 0 unspecified atom stereocenters. The fourth-order valence-corrected chi connectivity index (χ4v) is 3.04. The molecule has 24 heavy (non-hydrogen) atoms. The number of hydrogen-bond donors (Lipinski definition) is 0. The molecule has 6 nitrogen and oxygen atoms in total. The number of hydrogen-bond acceptors (Lipinski definition) is 3. The number of benzene rings is 1. The molecule has 1 aliphatic carbocycles. The maximum absolute atomic E-state index is 12.4. The highest BCUT2D eigenvalue weighted by Gasteiger charge is 2.34. The number of anilines is 1. The Labute approximate surface area is 146 Å². The van der Waals surface area contributed by atoms with Crippen LogP contribution in [-0.2, 0) is 14.4 Å². The van der Waals surface area contributed by atoms with Crippen molar-refractivity contribution >= 4 is 35.0 Å². The molecule has 0 aromatic heterocycles. The number of nitrogens with zero attached hydrogens (tertiary/aromatic N) is 3. The lowest BCUT2D eigenvalue weighted by Crippen LogP contribution is -2.44. The predicted molar refractivity (Wildman–Crippen MR) is 90.5 cm³/mol. The molecular formula is C17H20ClN3O3. The van der Waals surface area contributed by atoms with Gasteiger partial charge in [-0.15, -0.1) is 0 Å². The van der Waals surface area contributed by atoms with Crippen LogP contribution in [0.25, 0.3) is 0 Å². The van der Waals surface area contributed by atoms with Crippen molar-refractivity contribution in [3.8, 4) is 0 Å². The highest BCUT2D eigenvalue weighted by molar-refractivity contribution is 6.30. The van der Waals surface area contributed by atoms with Crippen LogP contribution in [0, 0.1) is 5.92 Å². The molecule has 1 saturated heterocycles.